The molecule has 0 heterocycles. The van der Waals surface area contributed by atoms with Gasteiger partial charge < -0.3 is 14.8 Å². The van der Waals surface area contributed by atoms with Crippen LogP contribution in [0.3, 0.4) is 0 Å². The summed E-state index contributed by atoms with van der Waals surface area (Å²) in [6.07, 6.45) is -0.151. The van der Waals surface area contributed by atoms with Crippen molar-refractivity contribution in [3.8, 4) is 11.5 Å². The topological polar surface area (TPSA) is 84.9 Å². The van der Waals surface area contributed by atoms with Crippen LogP contribution in [0.5, 0.6) is 11.5 Å². The van der Waals surface area contributed by atoms with Crippen LogP contribution < -0.4 is 14.8 Å². The molecule has 0 aliphatic carbocycles. The number of carbonyl (C=O) groups excluding carboxylic acids is 1. The van der Waals surface area contributed by atoms with Crippen LogP contribution in [0.15, 0.2) is 47.4 Å². The molecule has 1 N–H and O–H groups in total. The number of rotatable bonds is 10. The van der Waals surface area contributed by atoms with E-state index in [9.17, 15) is 13.2 Å². The summed E-state index contributed by atoms with van der Waals surface area (Å²) >= 11 is 0. The predicted octanol–water partition coefficient (Wildman–Crippen LogP) is 4.16. The Bertz CT molecular complexity index is 969. The molecule has 164 valence electrons. The second-order valence-electron chi connectivity index (χ2n) is 6.80. The van der Waals surface area contributed by atoms with E-state index in [0.29, 0.717) is 36.8 Å². The standard InChI is InChI=1S/C22H30N2O5S/c1-6-24(7-2)30(26,27)17-13-14-21(29-16(4)5)19(15-17)23-22(25)18-11-9-10-12-20(18)28-8-3/h9-16H,6-8H2,1-5H3,(H,23,25). The molecule has 0 aliphatic heterocycles. The van der Waals surface area contributed by atoms with Gasteiger partial charge in [0, 0.05) is 13.1 Å². The van der Waals surface area contributed by atoms with Crippen LogP contribution in [0, 0.1) is 0 Å². The van der Waals surface area contributed by atoms with Gasteiger partial charge >= 0.3 is 0 Å². The lowest BCUT2D eigenvalue weighted by atomic mass is 10.1. The fraction of sp³-hybridized carbons (Fsp3) is 0.409. The van der Waals surface area contributed by atoms with E-state index >= 15 is 0 Å². The van der Waals surface area contributed by atoms with Crippen LogP contribution in [0.4, 0.5) is 5.69 Å². The van der Waals surface area contributed by atoms with E-state index in [1.54, 1.807) is 44.2 Å². The third-order valence-corrected chi connectivity index (χ3v) is 6.38. The molecule has 1 amide bonds. The molecule has 0 aromatic heterocycles. The largest absolute Gasteiger partial charge is 0.493 e. The van der Waals surface area contributed by atoms with Crippen LogP contribution >= 0.6 is 0 Å². The highest BCUT2D eigenvalue weighted by Crippen LogP contribution is 2.31. The molecule has 0 bridgehead atoms. The number of nitrogens with one attached hydrogen (secondary N) is 1. The number of ether oxygens (including phenoxy) is 2. The average Bonchev–Trinajstić information content (AvgIpc) is 2.70. The summed E-state index contributed by atoms with van der Waals surface area (Å²) in [5, 5.41) is 2.79. The summed E-state index contributed by atoms with van der Waals surface area (Å²) in [6, 6.07) is 11.4. The quantitative estimate of drug-likeness (QED) is 0.607. The van der Waals surface area contributed by atoms with E-state index in [0.717, 1.165) is 0 Å². The number of benzene rings is 2. The Kier molecular flexibility index (Phi) is 8.25. The Labute approximate surface area is 179 Å². The molecular formula is C22H30N2O5S. The van der Waals surface area contributed by atoms with Crippen LogP contribution in [-0.2, 0) is 10.0 Å². The van der Waals surface area contributed by atoms with Gasteiger partial charge in [0.25, 0.3) is 5.91 Å². The molecule has 2 aromatic carbocycles. The van der Waals surface area contributed by atoms with Crippen LogP contribution in [0.25, 0.3) is 0 Å². The molecule has 0 unspecified atom stereocenters. The van der Waals surface area contributed by atoms with Crippen molar-refractivity contribution in [3.63, 3.8) is 0 Å². The molecule has 30 heavy (non-hydrogen) atoms. The van der Waals surface area contributed by atoms with E-state index in [1.807, 2.05) is 20.8 Å². The highest BCUT2D eigenvalue weighted by atomic mass is 32.2. The molecule has 8 heteroatoms. The van der Waals surface area contributed by atoms with E-state index in [-0.39, 0.29) is 16.7 Å². The monoisotopic (exact) mass is 434 g/mol. The van der Waals surface area contributed by atoms with E-state index in [4.69, 9.17) is 9.47 Å². The smallest absolute Gasteiger partial charge is 0.259 e. The van der Waals surface area contributed by atoms with E-state index in [1.165, 1.54) is 16.4 Å². The minimum absolute atomic E-state index is 0.0932. The average molecular weight is 435 g/mol. The summed E-state index contributed by atoms with van der Waals surface area (Å²) in [7, 11) is -3.68. The molecule has 0 saturated carbocycles. The van der Waals surface area contributed by atoms with Crippen molar-refractivity contribution in [2.45, 2.75) is 45.6 Å². The number of amides is 1. The maximum atomic E-state index is 12.9. The Balaban J connectivity index is 2.47. The first kappa shape index (κ1) is 23.7. The summed E-state index contributed by atoms with van der Waals surface area (Å²) < 4.78 is 38.5. The fourth-order valence-corrected chi connectivity index (χ4v) is 4.45. The number of hydrogen-bond donors (Lipinski definition) is 1. The molecule has 7 nitrogen and oxygen atoms in total. The summed E-state index contributed by atoms with van der Waals surface area (Å²) in [6.45, 7) is 10.2. The Morgan fingerprint density at radius 3 is 2.30 bits per heavy atom. The maximum Gasteiger partial charge on any atom is 0.259 e. The van der Waals surface area contributed by atoms with Gasteiger partial charge in [-0.1, -0.05) is 26.0 Å². The molecule has 0 saturated heterocycles. The zero-order chi connectivity index (χ0) is 22.3. The van der Waals surface area contributed by atoms with Gasteiger partial charge in [0.15, 0.2) is 0 Å². The minimum atomic E-state index is -3.68. The van der Waals surface area contributed by atoms with Gasteiger partial charge in [-0.25, -0.2) is 8.42 Å². The Hall–Kier alpha value is -2.58. The molecule has 2 rings (SSSR count). The highest BCUT2D eigenvalue weighted by molar-refractivity contribution is 7.89. The maximum absolute atomic E-state index is 12.9. The number of carbonyl (C=O) groups is 1. The molecular weight excluding hydrogens is 404 g/mol. The van der Waals surface area contributed by atoms with Gasteiger partial charge in [-0.3, -0.25) is 4.79 Å². The Morgan fingerprint density at radius 1 is 1.03 bits per heavy atom. The number of sulfonamides is 1. The summed E-state index contributed by atoms with van der Waals surface area (Å²) in [5.74, 6) is 0.437. The van der Waals surface area contributed by atoms with Gasteiger partial charge in [-0.05, 0) is 51.1 Å². The van der Waals surface area contributed by atoms with Crippen molar-refractivity contribution in [3.05, 3.63) is 48.0 Å². The molecule has 2 aromatic rings. The fourth-order valence-electron chi connectivity index (χ4n) is 2.96. The third-order valence-electron chi connectivity index (χ3n) is 4.34. The van der Waals surface area contributed by atoms with Crippen molar-refractivity contribution in [2.75, 3.05) is 25.0 Å². The van der Waals surface area contributed by atoms with Gasteiger partial charge in [0.2, 0.25) is 10.0 Å². The van der Waals surface area contributed by atoms with Gasteiger partial charge in [0.1, 0.15) is 11.5 Å². The van der Waals surface area contributed by atoms with Gasteiger partial charge in [-0.15, -0.1) is 0 Å². The highest BCUT2D eigenvalue weighted by Gasteiger charge is 2.24. The normalized spacial score (nSPS) is 11.6. The number of hydrogen-bond acceptors (Lipinski definition) is 5. The number of nitrogens with zero attached hydrogens (tertiary/aromatic N) is 1. The predicted molar refractivity (Wildman–Crippen MR) is 118 cm³/mol. The zero-order valence-electron chi connectivity index (χ0n) is 18.1. The third kappa shape index (κ3) is 5.52. The van der Waals surface area contributed by atoms with Gasteiger partial charge in [0.05, 0.1) is 28.9 Å². The van der Waals surface area contributed by atoms with Crippen molar-refractivity contribution >= 4 is 21.6 Å². The van der Waals surface area contributed by atoms with Crippen molar-refractivity contribution in [2.24, 2.45) is 0 Å². The second kappa shape index (κ2) is 10.4. The molecule has 0 atom stereocenters. The molecule has 0 radical (unpaired) electrons. The number of para-hydroxylation sites is 1. The first-order valence-electron chi connectivity index (χ1n) is 10.1. The minimum Gasteiger partial charge on any atom is -0.493 e. The van der Waals surface area contributed by atoms with E-state index < -0.39 is 15.9 Å². The Morgan fingerprint density at radius 2 is 1.70 bits per heavy atom. The lowest BCUT2D eigenvalue weighted by molar-refractivity contribution is 0.102. The van der Waals surface area contributed by atoms with Crippen LogP contribution in [0.2, 0.25) is 0 Å². The lowest BCUT2D eigenvalue weighted by Crippen LogP contribution is -2.30. The molecule has 0 fully saturated rings. The summed E-state index contributed by atoms with van der Waals surface area (Å²) in [5.41, 5.74) is 0.639. The second-order valence-corrected chi connectivity index (χ2v) is 8.74. The first-order valence-corrected chi connectivity index (χ1v) is 11.5. The van der Waals surface area contributed by atoms with Crippen molar-refractivity contribution < 1.29 is 22.7 Å². The molecule has 0 spiro atoms. The van der Waals surface area contributed by atoms with Crippen LogP contribution in [0.1, 0.15) is 45.0 Å². The molecule has 0 aliphatic rings. The van der Waals surface area contributed by atoms with Crippen molar-refractivity contribution in [1.29, 1.82) is 0 Å². The van der Waals surface area contributed by atoms with Crippen LogP contribution in [-0.4, -0.2) is 44.4 Å². The van der Waals surface area contributed by atoms with Crippen molar-refractivity contribution in [1.82, 2.24) is 4.31 Å². The summed E-state index contributed by atoms with van der Waals surface area (Å²) in [4.78, 5) is 13.0. The van der Waals surface area contributed by atoms with E-state index in [2.05, 4.69) is 5.32 Å². The first-order chi connectivity index (χ1) is 14.2. The lowest BCUT2D eigenvalue weighted by Gasteiger charge is -2.21. The van der Waals surface area contributed by atoms with Gasteiger partial charge in [-0.2, -0.15) is 4.31 Å². The SMILES string of the molecule is CCOc1ccccc1C(=O)Nc1cc(S(=O)(=O)N(CC)CC)ccc1OC(C)C. The number of anilines is 1. The zero-order valence-corrected chi connectivity index (χ0v) is 19.0.